The molecule has 0 bridgehead atoms. The van der Waals surface area contributed by atoms with E-state index in [2.05, 4.69) is 31.4 Å². The number of carbonyl (C=O) groups is 1. The summed E-state index contributed by atoms with van der Waals surface area (Å²) in [6.45, 7) is 4.01. The number of carbonyl (C=O) groups excluding carboxylic acids is 1. The monoisotopic (exact) mass is 325 g/mol. The molecule has 2 N–H and O–H groups in total. The van der Waals surface area contributed by atoms with E-state index in [1.54, 1.807) is 12.1 Å². The second-order valence-corrected chi connectivity index (χ2v) is 5.27. The fourth-order valence-electron chi connectivity index (χ4n) is 1.56. The van der Waals surface area contributed by atoms with Crippen molar-refractivity contribution < 1.29 is 9.18 Å². The van der Waals surface area contributed by atoms with Gasteiger partial charge in [0.15, 0.2) is 5.82 Å². The summed E-state index contributed by atoms with van der Waals surface area (Å²) in [7, 11) is 0. The van der Waals surface area contributed by atoms with Crippen LogP contribution in [0.1, 0.15) is 35.8 Å². The van der Waals surface area contributed by atoms with Crippen molar-refractivity contribution in [3.05, 3.63) is 45.8 Å². The van der Waals surface area contributed by atoms with E-state index < -0.39 is 11.7 Å². The van der Waals surface area contributed by atoms with E-state index in [9.17, 15) is 9.18 Å². The molecule has 0 aliphatic carbocycles. The minimum Gasteiger partial charge on any atom is -0.305 e. The Bertz CT molecular complexity index is 610. The predicted octanol–water partition coefficient (Wildman–Crippen LogP) is 3.69. The molecule has 0 fully saturated rings. The van der Waals surface area contributed by atoms with Crippen LogP contribution in [0, 0.1) is 5.82 Å². The van der Waals surface area contributed by atoms with Gasteiger partial charge in [-0.1, -0.05) is 19.9 Å². The van der Waals surface area contributed by atoms with Gasteiger partial charge in [-0.2, -0.15) is 5.10 Å². The summed E-state index contributed by atoms with van der Waals surface area (Å²) in [5, 5.41) is 9.34. The number of H-pyrrole nitrogens is 1. The number of amides is 1. The third kappa shape index (κ3) is 3.01. The lowest BCUT2D eigenvalue weighted by Gasteiger charge is -2.04. The number of aromatic nitrogens is 2. The maximum absolute atomic E-state index is 13.8. The Labute approximate surface area is 118 Å². The second-order valence-electron chi connectivity index (χ2n) is 4.42. The zero-order chi connectivity index (χ0) is 14.0. The van der Waals surface area contributed by atoms with Gasteiger partial charge in [0, 0.05) is 11.8 Å². The number of hydrogen-bond acceptors (Lipinski definition) is 2. The van der Waals surface area contributed by atoms with Crippen molar-refractivity contribution in [2.75, 3.05) is 5.32 Å². The standard InChI is InChI=1S/C13H13BrFN3O/c1-7(2)10-6-11(18-17-10)16-13(19)8-4-3-5-9(14)12(8)15/h3-7H,1-2H3,(H2,16,17,18,19). The third-order valence-electron chi connectivity index (χ3n) is 2.66. The lowest BCUT2D eigenvalue weighted by Crippen LogP contribution is -2.14. The first-order chi connectivity index (χ1) is 8.99. The van der Waals surface area contributed by atoms with Gasteiger partial charge in [0.2, 0.25) is 0 Å². The van der Waals surface area contributed by atoms with Crippen molar-refractivity contribution in [3.63, 3.8) is 0 Å². The first kappa shape index (κ1) is 13.7. The minimum atomic E-state index is -0.584. The van der Waals surface area contributed by atoms with Crippen LogP contribution in [0.2, 0.25) is 0 Å². The number of benzene rings is 1. The zero-order valence-corrected chi connectivity index (χ0v) is 12.1. The van der Waals surface area contributed by atoms with E-state index >= 15 is 0 Å². The van der Waals surface area contributed by atoms with Crippen LogP contribution in [-0.4, -0.2) is 16.1 Å². The summed E-state index contributed by atoms with van der Waals surface area (Å²) in [5.41, 5.74) is 0.883. The van der Waals surface area contributed by atoms with E-state index in [0.717, 1.165) is 5.69 Å². The molecule has 2 aromatic rings. The summed E-state index contributed by atoms with van der Waals surface area (Å²) < 4.78 is 14.0. The molecule has 0 aliphatic heterocycles. The highest BCUT2D eigenvalue weighted by atomic mass is 79.9. The van der Waals surface area contributed by atoms with Crippen molar-refractivity contribution in [2.45, 2.75) is 19.8 Å². The van der Waals surface area contributed by atoms with Gasteiger partial charge in [0.25, 0.3) is 5.91 Å². The molecule has 100 valence electrons. The molecule has 0 saturated heterocycles. The average molecular weight is 326 g/mol. The summed E-state index contributed by atoms with van der Waals surface area (Å²) in [4.78, 5) is 11.9. The van der Waals surface area contributed by atoms with Crippen LogP contribution < -0.4 is 5.32 Å². The number of anilines is 1. The van der Waals surface area contributed by atoms with Crippen molar-refractivity contribution >= 4 is 27.7 Å². The number of aromatic amines is 1. The Balaban J connectivity index is 2.18. The van der Waals surface area contributed by atoms with E-state index in [1.807, 2.05) is 13.8 Å². The quantitative estimate of drug-likeness (QED) is 0.904. The van der Waals surface area contributed by atoms with Gasteiger partial charge in [-0.3, -0.25) is 9.89 Å². The molecule has 0 unspecified atom stereocenters. The third-order valence-corrected chi connectivity index (χ3v) is 3.27. The topological polar surface area (TPSA) is 57.8 Å². The van der Waals surface area contributed by atoms with Gasteiger partial charge < -0.3 is 5.32 Å². The van der Waals surface area contributed by atoms with Crippen molar-refractivity contribution in [1.82, 2.24) is 10.2 Å². The number of hydrogen-bond donors (Lipinski definition) is 2. The Hall–Kier alpha value is -1.69. The second kappa shape index (κ2) is 5.52. The maximum Gasteiger partial charge on any atom is 0.259 e. The van der Waals surface area contributed by atoms with Crippen molar-refractivity contribution in [3.8, 4) is 0 Å². The normalized spacial score (nSPS) is 10.8. The number of rotatable bonds is 3. The molecule has 4 nitrogen and oxygen atoms in total. The van der Waals surface area contributed by atoms with Crippen LogP contribution in [0.25, 0.3) is 0 Å². The van der Waals surface area contributed by atoms with Crippen LogP contribution in [0.3, 0.4) is 0 Å². The maximum atomic E-state index is 13.8. The van der Waals surface area contributed by atoms with Crippen LogP contribution in [0.4, 0.5) is 10.2 Å². The summed E-state index contributed by atoms with van der Waals surface area (Å²) >= 11 is 3.05. The molecule has 0 spiro atoms. The molecule has 0 atom stereocenters. The molecule has 0 saturated carbocycles. The van der Waals surface area contributed by atoms with E-state index in [1.165, 1.54) is 12.1 Å². The molecule has 1 heterocycles. The van der Waals surface area contributed by atoms with Crippen LogP contribution in [0.5, 0.6) is 0 Å². The Morgan fingerprint density at radius 2 is 2.21 bits per heavy atom. The lowest BCUT2D eigenvalue weighted by molar-refractivity contribution is 0.102. The van der Waals surface area contributed by atoms with Gasteiger partial charge in [0.05, 0.1) is 10.0 Å². The molecule has 0 aliphatic rings. The first-order valence-electron chi connectivity index (χ1n) is 5.79. The first-order valence-corrected chi connectivity index (χ1v) is 6.59. The lowest BCUT2D eigenvalue weighted by atomic mass is 10.1. The largest absolute Gasteiger partial charge is 0.305 e. The molecule has 1 aromatic heterocycles. The molecule has 19 heavy (non-hydrogen) atoms. The average Bonchev–Trinajstić information content (AvgIpc) is 2.81. The summed E-state index contributed by atoms with van der Waals surface area (Å²) in [5.74, 6) is -0.450. The Morgan fingerprint density at radius 1 is 1.47 bits per heavy atom. The number of nitrogens with one attached hydrogen (secondary N) is 2. The molecular weight excluding hydrogens is 313 g/mol. The molecule has 0 radical (unpaired) electrons. The van der Waals surface area contributed by atoms with Crippen LogP contribution in [-0.2, 0) is 0 Å². The fraction of sp³-hybridized carbons (Fsp3) is 0.231. The number of halogens is 2. The van der Waals surface area contributed by atoms with Crippen LogP contribution >= 0.6 is 15.9 Å². The SMILES string of the molecule is CC(C)c1cc(NC(=O)c2cccc(Br)c2F)n[nH]1. The van der Waals surface area contributed by atoms with E-state index in [4.69, 9.17) is 0 Å². The van der Waals surface area contributed by atoms with Gasteiger partial charge in [-0.15, -0.1) is 0 Å². The van der Waals surface area contributed by atoms with Gasteiger partial charge in [-0.25, -0.2) is 4.39 Å². The van der Waals surface area contributed by atoms with Gasteiger partial charge in [0.1, 0.15) is 5.82 Å². The predicted molar refractivity (Wildman–Crippen MR) is 74.7 cm³/mol. The molecule has 6 heteroatoms. The van der Waals surface area contributed by atoms with E-state index in [0.29, 0.717) is 5.82 Å². The fourth-order valence-corrected chi connectivity index (χ4v) is 1.93. The van der Waals surface area contributed by atoms with Crippen molar-refractivity contribution in [2.24, 2.45) is 0 Å². The Morgan fingerprint density at radius 3 is 2.84 bits per heavy atom. The van der Waals surface area contributed by atoms with Gasteiger partial charge in [-0.05, 0) is 34.0 Å². The highest BCUT2D eigenvalue weighted by Gasteiger charge is 2.15. The van der Waals surface area contributed by atoms with E-state index in [-0.39, 0.29) is 16.0 Å². The highest BCUT2D eigenvalue weighted by Crippen LogP contribution is 2.20. The zero-order valence-electron chi connectivity index (χ0n) is 10.5. The molecule has 1 aromatic carbocycles. The molecular formula is C13H13BrFN3O. The Kier molecular flexibility index (Phi) is 3.99. The summed E-state index contributed by atoms with van der Waals surface area (Å²) in [6.07, 6.45) is 0. The minimum absolute atomic E-state index is 0.0246. The van der Waals surface area contributed by atoms with Gasteiger partial charge >= 0.3 is 0 Å². The van der Waals surface area contributed by atoms with Crippen molar-refractivity contribution in [1.29, 1.82) is 0 Å². The highest BCUT2D eigenvalue weighted by molar-refractivity contribution is 9.10. The van der Waals surface area contributed by atoms with Crippen LogP contribution in [0.15, 0.2) is 28.7 Å². The summed E-state index contributed by atoms with van der Waals surface area (Å²) in [6, 6.07) is 6.30. The number of nitrogens with zero attached hydrogens (tertiary/aromatic N) is 1. The molecule has 1 amide bonds. The molecule has 2 rings (SSSR count). The smallest absolute Gasteiger partial charge is 0.259 e.